The van der Waals surface area contributed by atoms with E-state index < -0.39 is 11.7 Å². The highest BCUT2D eigenvalue weighted by molar-refractivity contribution is 9.10. The minimum absolute atomic E-state index is 0.327. The maximum absolute atomic E-state index is 12.6. The molecule has 0 bridgehead atoms. The van der Waals surface area contributed by atoms with E-state index in [1.165, 1.54) is 6.07 Å². The van der Waals surface area contributed by atoms with E-state index in [-0.39, 0.29) is 0 Å². The van der Waals surface area contributed by atoms with Crippen LogP contribution in [0.5, 0.6) is 0 Å². The van der Waals surface area contributed by atoms with E-state index in [9.17, 15) is 13.2 Å². The average Bonchev–Trinajstić information content (AvgIpc) is 2.72. The van der Waals surface area contributed by atoms with Gasteiger partial charge in [-0.3, -0.25) is 0 Å². The van der Waals surface area contributed by atoms with Crippen LogP contribution in [0.25, 0.3) is 0 Å². The number of furan rings is 1. The van der Waals surface area contributed by atoms with E-state index >= 15 is 0 Å². The smallest absolute Gasteiger partial charge is 0.416 e. The van der Waals surface area contributed by atoms with Crippen molar-refractivity contribution in [2.75, 3.05) is 5.32 Å². The molecule has 0 amide bonds. The van der Waals surface area contributed by atoms with Gasteiger partial charge in [0.2, 0.25) is 0 Å². The van der Waals surface area contributed by atoms with Crippen molar-refractivity contribution >= 4 is 21.6 Å². The summed E-state index contributed by atoms with van der Waals surface area (Å²) in [4.78, 5) is 0. The Bertz CT molecular complexity index is 578. The molecule has 1 aromatic heterocycles. The molecule has 19 heavy (non-hydrogen) atoms. The molecule has 2 nitrogen and oxygen atoms in total. The number of halogens is 4. The molecular formula is C13H11BrF3NO. The lowest BCUT2D eigenvalue weighted by molar-refractivity contribution is -0.137. The van der Waals surface area contributed by atoms with Crippen LogP contribution >= 0.6 is 15.9 Å². The van der Waals surface area contributed by atoms with Gasteiger partial charge in [0.15, 0.2) is 4.67 Å². The summed E-state index contributed by atoms with van der Waals surface area (Å²) < 4.78 is 43.7. The third-order valence-electron chi connectivity index (χ3n) is 2.65. The second-order valence-corrected chi connectivity index (χ2v) is 4.87. The normalized spacial score (nSPS) is 11.6. The van der Waals surface area contributed by atoms with Crippen LogP contribution in [0.3, 0.4) is 0 Å². The largest absolute Gasteiger partial charge is 0.452 e. The van der Waals surface area contributed by atoms with Crippen molar-refractivity contribution < 1.29 is 17.6 Å². The lowest BCUT2D eigenvalue weighted by atomic mass is 10.1. The summed E-state index contributed by atoms with van der Waals surface area (Å²) in [6.45, 7) is 2.08. The predicted molar refractivity (Wildman–Crippen MR) is 69.9 cm³/mol. The maximum Gasteiger partial charge on any atom is 0.416 e. The van der Waals surface area contributed by atoms with Gasteiger partial charge in [-0.1, -0.05) is 6.07 Å². The SMILES string of the molecule is Cc1ccc(C(F)(F)F)cc1NCc1ccc(Br)o1. The summed E-state index contributed by atoms with van der Waals surface area (Å²) in [6, 6.07) is 7.11. The van der Waals surface area contributed by atoms with Crippen LogP contribution in [-0.2, 0) is 12.7 Å². The maximum atomic E-state index is 12.6. The quantitative estimate of drug-likeness (QED) is 0.856. The molecule has 1 N–H and O–H groups in total. The van der Waals surface area contributed by atoms with Crippen LogP contribution < -0.4 is 5.32 Å². The Morgan fingerprint density at radius 2 is 1.95 bits per heavy atom. The van der Waals surface area contributed by atoms with Gasteiger partial charge in [-0.25, -0.2) is 0 Å². The Morgan fingerprint density at radius 1 is 1.21 bits per heavy atom. The summed E-state index contributed by atoms with van der Waals surface area (Å²) in [6.07, 6.45) is -4.34. The Balaban J connectivity index is 2.15. The summed E-state index contributed by atoms with van der Waals surface area (Å²) in [5, 5.41) is 2.94. The zero-order chi connectivity index (χ0) is 14.0. The molecule has 1 heterocycles. The van der Waals surface area contributed by atoms with Gasteiger partial charge < -0.3 is 9.73 Å². The Kier molecular flexibility index (Phi) is 3.89. The highest BCUT2D eigenvalue weighted by atomic mass is 79.9. The second-order valence-electron chi connectivity index (χ2n) is 4.09. The minimum Gasteiger partial charge on any atom is -0.452 e. The van der Waals surface area contributed by atoms with Crippen LogP contribution in [0.1, 0.15) is 16.9 Å². The van der Waals surface area contributed by atoms with Gasteiger partial charge in [-0.15, -0.1) is 0 Å². The lowest BCUT2D eigenvalue weighted by Gasteiger charge is -2.12. The molecule has 0 spiro atoms. The summed E-state index contributed by atoms with van der Waals surface area (Å²) in [5.41, 5.74) is 0.530. The summed E-state index contributed by atoms with van der Waals surface area (Å²) in [5.74, 6) is 0.642. The van der Waals surface area contributed by atoms with Gasteiger partial charge in [0.05, 0.1) is 12.1 Å². The molecule has 0 radical (unpaired) electrons. The molecule has 6 heteroatoms. The van der Waals surface area contributed by atoms with Crippen LogP contribution in [0, 0.1) is 6.92 Å². The van der Waals surface area contributed by atoms with Crippen molar-refractivity contribution in [2.24, 2.45) is 0 Å². The minimum atomic E-state index is -4.34. The first-order chi connectivity index (χ1) is 8.86. The standard InChI is InChI=1S/C13H11BrF3NO/c1-8-2-3-9(13(15,16)17)6-11(8)18-7-10-4-5-12(14)19-10/h2-6,18H,7H2,1H3. The Labute approximate surface area is 116 Å². The van der Waals surface area contributed by atoms with Crippen molar-refractivity contribution in [3.8, 4) is 0 Å². The Hall–Kier alpha value is -1.43. The van der Waals surface area contributed by atoms with Gasteiger partial charge >= 0.3 is 6.18 Å². The van der Waals surface area contributed by atoms with E-state index in [4.69, 9.17) is 4.42 Å². The highest BCUT2D eigenvalue weighted by Gasteiger charge is 2.30. The molecule has 0 saturated heterocycles. The van der Waals surface area contributed by atoms with Gasteiger partial charge in [-0.05, 0) is 52.7 Å². The van der Waals surface area contributed by atoms with Crippen LogP contribution in [0.2, 0.25) is 0 Å². The zero-order valence-electron chi connectivity index (χ0n) is 10.0. The number of hydrogen-bond donors (Lipinski definition) is 1. The molecule has 1 aromatic carbocycles. The second kappa shape index (κ2) is 5.28. The lowest BCUT2D eigenvalue weighted by Crippen LogP contribution is -2.07. The van der Waals surface area contributed by atoms with Gasteiger partial charge in [-0.2, -0.15) is 13.2 Å². The fourth-order valence-corrected chi connectivity index (χ4v) is 1.96. The number of anilines is 1. The summed E-state index contributed by atoms with van der Waals surface area (Å²) in [7, 11) is 0. The number of hydrogen-bond acceptors (Lipinski definition) is 2. The van der Waals surface area contributed by atoms with E-state index in [1.54, 1.807) is 19.1 Å². The van der Waals surface area contributed by atoms with Crippen molar-refractivity contribution in [1.29, 1.82) is 0 Å². The monoisotopic (exact) mass is 333 g/mol. The molecule has 0 aliphatic carbocycles. The summed E-state index contributed by atoms with van der Waals surface area (Å²) >= 11 is 3.17. The predicted octanol–water partition coefficient (Wildman–Crippen LogP) is 4.98. The number of aryl methyl sites for hydroxylation is 1. The topological polar surface area (TPSA) is 25.2 Å². The molecular weight excluding hydrogens is 323 g/mol. The zero-order valence-corrected chi connectivity index (χ0v) is 11.6. The first kappa shape index (κ1) is 14.0. The molecule has 0 saturated carbocycles. The molecule has 0 fully saturated rings. The first-order valence-electron chi connectivity index (χ1n) is 5.52. The van der Waals surface area contributed by atoms with E-state index in [2.05, 4.69) is 21.2 Å². The first-order valence-corrected chi connectivity index (χ1v) is 6.31. The molecule has 2 aromatic rings. The van der Waals surface area contributed by atoms with Crippen molar-refractivity contribution in [1.82, 2.24) is 0 Å². The van der Waals surface area contributed by atoms with E-state index in [0.717, 1.165) is 17.7 Å². The van der Waals surface area contributed by atoms with Crippen molar-refractivity contribution in [2.45, 2.75) is 19.6 Å². The van der Waals surface area contributed by atoms with Crippen LogP contribution in [-0.4, -0.2) is 0 Å². The van der Waals surface area contributed by atoms with Crippen LogP contribution in [0.4, 0.5) is 18.9 Å². The molecule has 0 atom stereocenters. The number of alkyl halides is 3. The highest BCUT2D eigenvalue weighted by Crippen LogP contribution is 2.32. The molecule has 2 rings (SSSR count). The third-order valence-corrected chi connectivity index (χ3v) is 3.07. The molecule has 0 unspecified atom stereocenters. The molecule has 0 aliphatic heterocycles. The third kappa shape index (κ3) is 3.53. The average molecular weight is 334 g/mol. The fraction of sp³-hybridized carbons (Fsp3) is 0.231. The van der Waals surface area contributed by atoms with Crippen molar-refractivity contribution in [3.63, 3.8) is 0 Å². The number of nitrogens with one attached hydrogen (secondary N) is 1. The molecule has 102 valence electrons. The van der Waals surface area contributed by atoms with Gasteiger partial charge in [0.25, 0.3) is 0 Å². The number of benzene rings is 1. The van der Waals surface area contributed by atoms with Crippen LogP contribution in [0.15, 0.2) is 39.4 Å². The van der Waals surface area contributed by atoms with Gasteiger partial charge in [0.1, 0.15) is 5.76 Å². The fourth-order valence-electron chi connectivity index (χ4n) is 1.62. The van der Waals surface area contributed by atoms with Crippen molar-refractivity contribution in [3.05, 3.63) is 51.9 Å². The van der Waals surface area contributed by atoms with Gasteiger partial charge in [0, 0.05) is 5.69 Å². The number of rotatable bonds is 3. The van der Waals surface area contributed by atoms with E-state index in [0.29, 0.717) is 22.7 Å². The Morgan fingerprint density at radius 3 is 2.53 bits per heavy atom. The molecule has 0 aliphatic rings. The van der Waals surface area contributed by atoms with E-state index in [1.807, 2.05) is 0 Å².